The van der Waals surface area contributed by atoms with E-state index in [1.165, 1.54) is 0 Å². The number of nitrogens with one attached hydrogen (secondary N) is 2. The second kappa shape index (κ2) is 10.6. The third-order valence-electron chi connectivity index (χ3n) is 4.31. The highest BCUT2D eigenvalue weighted by atomic mass is 127. The SMILES string of the molecule is CN=C(NCc1cccnc1OCc1ccccc1)NC1CCS(=O)(=O)C1.I. The highest BCUT2D eigenvalue weighted by Crippen LogP contribution is 2.16. The number of rotatable bonds is 6. The van der Waals surface area contributed by atoms with Crippen molar-refractivity contribution in [3.8, 4) is 5.88 Å². The Hall–Kier alpha value is -1.88. The minimum Gasteiger partial charge on any atom is -0.473 e. The average molecular weight is 516 g/mol. The van der Waals surface area contributed by atoms with Gasteiger partial charge in [0.1, 0.15) is 6.61 Å². The number of hydrogen-bond donors (Lipinski definition) is 2. The third-order valence-corrected chi connectivity index (χ3v) is 6.08. The van der Waals surface area contributed by atoms with E-state index in [1.54, 1.807) is 13.2 Å². The first kappa shape index (κ1) is 22.4. The van der Waals surface area contributed by atoms with Crippen LogP contribution in [0.4, 0.5) is 0 Å². The fourth-order valence-corrected chi connectivity index (χ4v) is 4.56. The molecule has 2 aromatic rings. The molecule has 0 radical (unpaired) electrons. The number of aliphatic imine (C=N–C) groups is 1. The number of sulfone groups is 1. The predicted octanol–water partition coefficient (Wildman–Crippen LogP) is 2.13. The molecule has 1 atom stereocenters. The van der Waals surface area contributed by atoms with Crippen LogP contribution in [0.15, 0.2) is 53.7 Å². The Bertz CT molecular complexity index is 891. The fourth-order valence-electron chi connectivity index (χ4n) is 2.89. The lowest BCUT2D eigenvalue weighted by Gasteiger charge is -2.17. The van der Waals surface area contributed by atoms with Gasteiger partial charge in [-0.3, -0.25) is 4.99 Å². The highest BCUT2D eigenvalue weighted by Gasteiger charge is 2.28. The van der Waals surface area contributed by atoms with E-state index in [0.717, 1.165) is 11.1 Å². The summed E-state index contributed by atoms with van der Waals surface area (Å²) in [6, 6.07) is 13.6. The Morgan fingerprint density at radius 1 is 1.25 bits per heavy atom. The van der Waals surface area contributed by atoms with E-state index in [9.17, 15) is 8.42 Å². The summed E-state index contributed by atoms with van der Waals surface area (Å²) in [5.74, 6) is 1.50. The quantitative estimate of drug-likeness (QED) is 0.347. The van der Waals surface area contributed by atoms with Crippen LogP contribution in [0, 0.1) is 0 Å². The Morgan fingerprint density at radius 3 is 2.71 bits per heavy atom. The van der Waals surface area contributed by atoms with Crippen LogP contribution in [0.1, 0.15) is 17.5 Å². The van der Waals surface area contributed by atoms with Gasteiger partial charge in [-0.1, -0.05) is 36.4 Å². The lowest BCUT2D eigenvalue weighted by atomic mass is 10.2. The molecular weight excluding hydrogens is 491 g/mol. The Labute approximate surface area is 182 Å². The summed E-state index contributed by atoms with van der Waals surface area (Å²) in [7, 11) is -1.27. The molecule has 3 rings (SSSR count). The molecule has 1 aliphatic rings. The molecule has 1 unspecified atom stereocenters. The van der Waals surface area contributed by atoms with Gasteiger partial charge in [-0.2, -0.15) is 0 Å². The van der Waals surface area contributed by atoms with Crippen LogP contribution in [0.25, 0.3) is 0 Å². The van der Waals surface area contributed by atoms with E-state index in [2.05, 4.69) is 20.6 Å². The number of nitrogens with zero attached hydrogens (tertiary/aromatic N) is 2. The molecule has 2 N–H and O–H groups in total. The number of aromatic nitrogens is 1. The standard InChI is InChI=1S/C19H24N4O3S.HI/c1-20-19(23-17-9-11-27(24,25)14-17)22-12-16-8-5-10-21-18(16)26-13-15-6-3-2-4-7-15;/h2-8,10,17H,9,11-14H2,1H3,(H2,20,22,23);1H. The summed E-state index contributed by atoms with van der Waals surface area (Å²) in [6.45, 7) is 0.912. The molecule has 1 aromatic carbocycles. The van der Waals surface area contributed by atoms with Crippen LogP contribution >= 0.6 is 24.0 Å². The van der Waals surface area contributed by atoms with Gasteiger partial charge < -0.3 is 15.4 Å². The van der Waals surface area contributed by atoms with Crippen molar-refractivity contribution in [2.24, 2.45) is 4.99 Å². The molecule has 0 spiro atoms. The van der Waals surface area contributed by atoms with Crippen molar-refractivity contribution in [1.29, 1.82) is 0 Å². The smallest absolute Gasteiger partial charge is 0.218 e. The summed E-state index contributed by atoms with van der Waals surface area (Å²) >= 11 is 0. The van der Waals surface area contributed by atoms with E-state index >= 15 is 0 Å². The number of ether oxygens (including phenoxy) is 1. The lowest BCUT2D eigenvalue weighted by molar-refractivity contribution is 0.290. The molecule has 1 saturated heterocycles. The van der Waals surface area contributed by atoms with Crippen LogP contribution < -0.4 is 15.4 Å². The summed E-state index contributed by atoms with van der Waals surface area (Å²) in [5.41, 5.74) is 1.97. The number of pyridine rings is 1. The van der Waals surface area contributed by atoms with Crippen molar-refractivity contribution in [3.05, 3.63) is 59.8 Å². The lowest BCUT2D eigenvalue weighted by Crippen LogP contribution is -2.43. The van der Waals surface area contributed by atoms with Gasteiger partial charge in [0.25, 0.3) is 0 Å². The van der Waals surface area contributed by atoms with E-state index < -0.39 is 9.84 Å². The first-order valence-electron chi connectivity index (χ1n) is 8.84. The van der Waals surface area contributed by atoms with Crippen molar-refractivity contribution in [3.63, 3.8) is 0 Å². The number of hydrogen-bond acceptors (Lipinski definition) is 5. The molecule has 2 heterocycles. The fraction of sp³-hybridized carbons (Fsp3) is 0.368. The van der Waals surface area contributed by atoms with Crippen molar-refractivity contribution >= 4 is 39.8 Å². The average Bonchev–Trinajstić information content (AvgIpc) is 3.03. The van der Waals surface area contributed by atoms with E-state index in [4.69, 9.17) is 4.74 Å². The van der Waals surface area contributed by atoms with Gasteiger partial charge in [0.2, 0.25) is 5.88 Å². The van der Waals surface area contributed by atoms with Gasteiger partial charge in [0.05, 0.1) is 11.5 Å². The maximum Gasteiger partial charge on any atom is 0.218 e. The second-order valence-corrected chi connectivity index (χ2v) is 8.64. The molecule has 9 heteroatoms. The van der Waals surface area contributed by atoms with Gasteiger partial charge in [-0.15, -0.1) is 24.0 Å². The molecule has 0 bridgehead atoms. The van der Waals surface area contributed by atoms with E-state index in [0.29, 0.717) is 31.4 Å². The first-order chi connectivity index (χ1) is 13.1. The van der Waals surface area contributed by atoms with Gasteiger partial charge >= 0.3 is 0 Å². The second-order valence-electron chi connectivity index (χ2n) is 6.41. The minimum atomic E-state index is -2.93. The zero-order valence-electron chi connectivity index (χ0n) is 15.7. The summed E-state index contributed by atoms with van der Waals surface area (Å²) in [6.07, 6.45) is 2.29. The molecular formula is C19H25IN4O3S. The van der Waals surface area contributed by atoms with Gasteiger partial charge in [0, 0.05) is 31.4 Å². The predicted molar refractivity (Wildman–Crippen MR) is 121 cm³/mol. The Kier molecular flexibility index (Phi) is 8.49. The molecule has 1 aliphatic heterocycles. The zero-order chi connectivity index (χ0) is 19.1. The van der Waals surface area contributed by atoms with Crippen LogP contribution in [-0.4, -0.2) is 44.0 Å². The topological polar surface area (TPSA) is 92.7 Å². The zero-order valence-corrected chi connectivity index (χ0v) is 18.8. The van der Waals surface area contributed by atoms with Crippen molar-refractivity contribution in [2.75, 3.05) is 18.6 Å². The number of halogens is 1. The highest BCUT2D eigenvalue weighted by molar-refractivity contribution is 14.0. The first-order valence-corrected chi connectivity index (χ1v) is 10.7. The minimum absolute atomic E-state index is 0. The van der Waals surface area contributed by atoms with Gasteiger partial charge in [0.15, 0.2) is 15.8 Å². The molecule has 0 amide bonds. The third kappa shape index (κ3) is 6.62. The van der Waals surface area contributed by atoms with Gasteiger partial charge in [-0.25, -0.2) is 13.4 Å². The van der Waals surface area contributed by atoms with Crippen molar-refractivity contribution in [1.82, 2.24) is 15.6 Å². The summed E-state index contributed by atoms with van der Waals surface area (Å²) in [5, 5.41) is 6.37. The maximum absolute atomic E-state index is 11.6. The molecule has 0 aliphatic carbocycles. The van der Waals surface area contributed by atoms with E-state index in [1.807, 2.05) is 42.5 Å². The number of benzene rings is 1. The van der Waals surface area contributed by atoms with Gasteiger partial charge in [-0.05, 0) is 18.1 Å². The van der Waals surface area contributed by atoms with Crippen LogP contribution in [0.5, 0.6) is 5.88 Å². The van der Waals surface area contributed by atoms with Crippen LogP contribution in [0.3, 0.4) is 0 Å². The van der Waals surface area contributed by atoms with Crippen LogP contribution in [0.2, 0.25) is 0 Å². The summed E-state index contributed by atoms with van der Waals surface area (Å²) < 4.78 is 29.1. The maximum atomic E-state index is 11.6. The molecule has 152 valence electrons. The molecule has 1 fully saturated rings. The molecule has 1 aromatic heterocycles. The largest absolute Gasteiger partial charge is 0.473 e. The van der Waals surface area contributed by atoms with Crippen LogP contribution in [-0.2, 0) is 23.0 Å². The molecule has 0 saturated carbocycles. The molecule has 28 heavy (non-hydrogen) atoms. The normalized spacial score (nSPS) is 18.2. The monoisotopic (exact) mass is 516 g/mol. The number of guanidine groups is 1. The summed E-state index contributed by atoms with van der Waals surface area (Å²) in [4.78, 5) is 8.49. The Balaban J connectivity index is 0.00000280. The molecule has 7 nitrogen and oxygen atoms in total. The Morgan fingerprint density at radius 2 is 2.04 bits per heavy atom. The van der Waals surface area contributed by atoms with E-state index in [-0.39, 0.29) is 41.5 Å². The van der Waals surface area contributed by atoms with Crippen molar-refractivity contribution in [2.45, 2.75) is 25.6 Å². The van der Waals surface area contributed by atoms with Crippen molar-refractivity contribution < 1.29 is 13.2 Å².